The molecular weight excluding hydrogens is 466 g/mol. The topological polar surface area (TPSA) is 107 Å². The summed E-state index contributed by atoms with van der Waals surface area (Å²) in [6, 6.07) is 3.71. The van der Waals surface area contributed by atoms with E-state index in [0.717, 1.165) is 60.2 Å². The summed E-state index contributed by atoms with van der Waals surface area (Å²) in [6.07, 6.45) is 21.1. The molecule has 5 rings (SSSR count). The summed E-state index contributed by atoms with van der Waals surface area (Å²) in [7, 11) is 0. The zero-order valence-electron chi connectivity index (χ0n) is 21.2. The molecular formula is C29H31N5O3. The van der Waals surface area contributed by atoms with Crippen LogP contribution in [0.2, 0.25) is 0 Å². The highest BCUT2D eigenvalue weighted by Crippen LogP contribution is 2.38. The molecule has 3 aromatic heterocycles. The van der Waals surface area contributed by atoms with Crippen LogP contribution in [0.3, 0.4) is 0 Å². The molecule has 0 aliphatic heterocycles. The molecule has 0 aromatic carbocycles. The first-order valence-electron chi connectivity index (χ1n) is 12.9. The summed E-state index contributed by atoms with van der Waals surface area (Å²) in [5.41, 5.74) is 4.42. The van der Waals surface area contributed by atoms with Crippen LogP contribution >= 0.6 is 0 Å². The largest absolute Gasteiger partial charge is 0.439 e. The average molecular weight is 498 g/mol. The Morgan fingerprint density at radius 2 is 2.14 bits per heavy atom. The van der Waals surface area contributed by atoms with Crippen molar-refractivity contribution in [1.82, 2.24) is 24.7 Å². The Morgan fingerprint density at radius 1 is 1.24 bits per heavy atom. The standard InChI is InChI=1S/C29H31N5O3/c1-3-4-11-26-25(28(35)34(19(2)31-26)22-8-7-16-30-18-22)17-20-12-14-21(15-13-20)23-9-5-6-10-24(23)27-32-29(36)37-33-27/h5-8,10,12-14,16,18,21,23H,3-4,9,11,15,17H2,1-2H3,(H,32,33,36). The summed E-state index contributed by atoms with van der Waals surface area (Å²) < 4.78 is 6.40. The van der Waals surface area contributed by atoms with Gasteiger partial charge < -0.3 is 0 Å². The van der Waals surface area contributed by atoms with E-state index < -0.39 is 5.76 Å². The van der Waals surface area contributed by atoms with Crippen molar-refractivity contribution in [2.45, 2.75) is 52.4 Å². The van der Waals surface area contributed by atoms with E-state index in [1.165, 1.54) is 0 Å². The van der Waals surface area contributed by atoms with Gasteiger partial charge in [0, 0.05) is 23.8 Å². The second-order valence-corrected chi connectivity index (χ2v) is 9.59. The van der Waals surface area contributed by atoms with Gasteiger partial charge in [0.1, 0.15) is 5.82 Å². The monoisotopic (exact) mass is 497 g/mol. The fourth-order valence-corrected chi connectivity index (χ4v) is 5.21. The van der Waals surface area contributed by atoms with Crippen LogP contribution in [0, 0.1) is 18.8 Å². The lowest BCUT2D eigenvalue weighted by atomic mass is 9.76. The molecule has 0 amide bonds. The van der Waals surface area contributed by atoms with Crippen molar-refractivity contribution in [3.05, 3.63) is 110 Å². The number of nitrogens with one attached hydrogen (secondary N) is 1. The van der Waals surface area contributed by atoms with Gasteiger partial charge in [-0.1, -0.05) is 55.0 Å². The van der Waals surface area contributed by atoms with Crippen LogP contribution in [0.5, 0.6) is 0 Å². The Bertz CT molecular complexity index is 1500. The van der Waals surface area contributed by atoms with Gasteiger partial charge in [-0.05, 0) is 62.1 Å². The zero-order chi connectivity index (χ0) is 25.8. The van der Waals surface area contributed by atoms with E-state index >= 15 is 0 Å². The van der Waals surface area contributed by atoms with Gasteiger partial charge in [0.15, 0.2) is 5.82 Å². The number of aryl methyl sites for hydroxylation is 2. The second-order valence-electron chi connectivity index (χ2n) is 9.59. The van der Waals surface area contributed by atoms with Gasteiger partial charge in [0.25, 0.3) is 5.56 Å². The third-order valence-electron chi connectivity index (χ3n) is 7.12. The summed E-state index contributed by atoms with van der Waals surface area (Å²) >= 11 is 0. The Labute approximate surface area is 215 Å². The number of aromatic amines is 1. The Balaban J connectivity index is 1.41. The molecule has 0 spiro atoms. The zero-order valence-corrected chi connectivity index (χ0v) is 21.2. The lowest BCUT2D eigenvalue weighted by Crippen LogP contribution is -2.28. The van der Waals surface area contributed by atoms with E-state index in [-0.39, 0.29) is 17.4 Å². The van der Waals surface area contributed by atoms with Crippen molar-refractivity contribution in [2.75, 3.05) is 0 Å². The molecule has 37 heavy (non-hydrogen) atoms. The summed E-state index contributed by atoms with van der Waals surface area (Å²) in [6.45, 7) is 4.03. The van der Waals surface area contributed by atoms with Crippen LogP contribution < -0.4 is 11.3 Å². The molecule has 3 aromatic rings. The number of hydrogen-bond donors (Lipinski definition) is 1. The molecule has 2 atom stereocenters. The molecule has 2 aliphatic rings. The van der Waals surface area contributed by atoms with E-state index in [4.69, 9.17) is 9.51 Å². The molecule has 0 saturated carbocycles. The maximum atomic E-state index is 13.7. The quantitative estimate of drug-likeness (QED) is 0.485. The molecule has 2 aliphatic carbocycles. The lowest BCUT2D eigenvalue weighted by molar-refractivity contribution is 0.383. The first kappa shape index (κ1) is 24.6. The molecule has 0 fully saturated rings. The molecule has 0 bridgehead atoms. The van der Waals surface area contributed by atoms with Gasteiger partial charge >= 0.3 is 5.76 Å². The second kappa shape index (κ2) is 10.9. The van der Waals surface area contributed by atoms with Crippen molar-refractivity contribution in [2.24, 2.45) is 11.8 Å². The van der Waals surface area contributed by atoms with E-state index in [1.807, 2.05) is 31.2 Å². The van der Waals surface area contributed by atoms with Crippen LogP contribution in [0.15, 0.2) is 80.7 Å². The predicted octanol–water partition coefficient (Wildman–Crippen LogP) is 4.66. The highest BCUT2D eigenvalue weighted by atomic mass is 16.5. The minimum atomic E-state index is -0.548. The van der Waals surface area contributed by atoms with Crippen LogP contribution in [-0.4, -0.2) is 24.7 Å². The maximum absolute atomic E-state index is 13.7. The van der Waals surface area contributed by atoms with Gasteiger partial charge in [0.2, 0.25) is 0 Å². The third-order valence-corrected chi connectivity index (χ3v) is 7.12. The molecule has 190 valence electrons. The lowest BCUT2D eigenvalue weighted by Gasteiger charge is -2.28. The van der Waals surface area contributed by atoms with E-state index in [9.17, 15) is 9.59 Å². The summed E-state index contributed by atoms with van der Waals surface area (Å²) in [5.74, 6) is 1.06. The van der Waals surface area contributed by atoms with E-state index in [1.54, 1.807) is 17.0 Å². The van der Waals surface area contributed by atoms with Crippen LogP contribution in [-0.2, 0) is 12.8 Å². The average Bonchev–Trinajstić information content (AvgIpc) is 3.36. The minimum absolute atomic E-state index is 0.0272. The number of pyridine rings is 1. The van der Waals surface area contributed by atoms with Gasteiger partial charge in [-0.3, -0.25) is 23.9 Å². The van der Waals surface area contributed by atoms with Crippen LogP contribution in [0.25, 0.3) is 11.3 Å². The molecule has 3 heterocycles. The van der Waals surface area contributed by atoms with Crippen LogP contribution in [0.4, 0.5) is 0 Å². The predicted molar refractivity (Wildman–Crippen MR) is 142 cm³/mol. The van der Waals surface area contributed by atoms with Crippen molar-refractivity contribution >= 4 is 5.57 Å². The molecule has 2 unspecified atom stereocenters. The number of allylic oxidation sites excluding steroid dienone is 8. The van der Waals surface area contributed by atoms with Crippen LogP contribution in [0.1, 0.15) is 55.5 Å². The normalized spacial score (nSPS) is 19.1. The van der Waals surface area contributed by atoms with Crippen molar-refractivity contribution in [3.8, 4) is 5.69 Å². The number of rotatable bonds is 8. The van der Waals surface area contributed by atoms with Crippen molar-refractivity contribution < 1.29 is 4.52 Å². The number of unbranched alkanes of at least 4 members (excludes halogenated alkanes) is 1. The van der Waals surface area contributed by atoms with Gasteiger partial charge in [-0.2, -0.15) is 0 Å². The van der Waals surface area contributed by atoms with E-state index in [2.05, 4.69) is 46.4 Å². The van der Waals surface area contributed by atoms with Gasteiger partial charge in [0.05, 0.1) is 17.6 Å². The minimum Gasteiger partial charge on any atom is -0.296 e. The number of hydrogen-bond acceptors (Lipinski definition) is 6. The number of nitrogens with zero attached hydrogens (tertiary/aromatic N) is 4. The van der Waals surface area contributed by atoms with E-state index in [0.29, 0.717) is 18.1 Å². The smallest absolute Gasteiger partial charge is 0.296 e. The van der Waals surface area contributed by atoms with Crippen molar-refractivity contribution in [3.63, 3.8) is 0 Å². The van der Waals surface area contributed by atoms with Crippen molar-refractivity contribution in [1.29, 1.82) is 0 Å². The fraction of sp³-hybridized carbons (Fsp3) is 0.345. The van der Waals surface area contributed by atoms with Gasteiger partial charge in [-0.15, -0.1) is 0 Å². The Hall–Kier alpha value is -4.07. The third kappa shape index (κ3) is 5.23. The number of aromatic nitrogens is 5. The molecule has 8 nitrogen and oxygen atoms in total. The molecule has 0 saturated heterocycles. The SMILES string of the molecule is CCCCc1nc(C)n(-c2cccnc2)c(=O)c1CC1=CCC(C2CC=CC=C2c2noc(=O)[nH]2)C=C1. The first-order chi connectivity index (χ1) is 18.0. The van der Waals surface area contributed by atoms with Gasteiger partial charge in [-0.25, -0.2) is 9.78 Å². The fourth-order valence-electron chi connectivity index (χ4n) is 5.21. The Kier molecular flexibility index (Phi) is 7.25. The summed E-state index contributed by atoms with van der Waals surface area (Å²) in [4.78, 5) is 37.0. The molecule has 0 radical (unpaired) electrons. The Morgan fingerprint density at radius 3 is 2.84 bits per heavy atom. The highest BCUT2D eigenvalue weighted by Gasteiger charge is 2.28. The molecule has 1 N–H and O–H groups in total. The maximum Gasteiger partial charge on any atom is 0.439 e. The number of H-pyrrole nitrogens is 1. The molecule has 8 heteroatoms. The highest BCUT2D eigenvalue weighted by molar-refractivity contribution is 5.65. The summed E-state index contributed by atoms with van der Waals surface area (Å²) in [5, 5.41) is 3.91. The first-order valence-corrected chi connectivity index (χ1v) is 12.9.